The average molecular weight is 533 g/mol. The lowest BCUT2D eigenvalue weighted by Crippen LogP contribution is -2.50. The zero-order valence-corrected chi connectivity index (χ0v) is 22.1. The maximum atomic E-state index is 13.7. The monoisotopic (exact) mass is 532 g/mol. The molecule has 6 nitrogen and oxygen atoms in total. The highest BCUT2D eigenvalue weighted by Gasteiger charge is 2.44. The summed E-state index contributed by atoms with van der Waals surface area (Å²) in [6.07, 6.45) is 0.721. The van der Waals surface area contributed by atoms with Crippen LogP contribution in [0.25, 0.3) is 0 Å². The SMILES string of the molecule is COc1ccc(C(F)(F)F)c(C(C)N2CCC3(CCc4ccc([C@H](C5CC5)[C@H](C)C(=O)O)cc4O3)CC2)n1. The quantitative estimate of drug-likeness (QED) is 0.455. The fourth-order valence-corrected chi connectivity index (χ4v) is 6.28. The third kappa shape index (κ3) is 5.22. The number of fused-ring (bicyclic) bond motifs is 1. The van der Waals surface area contributed by atoms with Gasteiger partial charge in [-0.05, 0) is 80.5 Å². The van der Waals surface area contributed by atoms with Gasteiger partial charge in [-0.15, -0.1) is 0 Å². The number of carbonyl (C=O) groups is 1. The van der Waals surface area contributed by atoms with E-state index in [-0.39, 0.29) is 23.1 Å². The van der Waals surface area contributed by atoms with Crippen LogP contribution in [-0.2, 0) is 17.4 Å². The molecular weight excluding hydrogens is 497 g/mol. The number of methoxy groups -OCH3 is 1. The van der Waals surface area contributed by atoms with Gasteiger partial charge >= 0.3 is 12.1 Å². The molecule has 0 amide bonds. The van der Waals surface area contributed by atoms with E-state index in [0.29, 0.717) is 31.8 Å². The molecule has 0 bridgehead atoms. The van der Waals surface area contributed by atoms with Crippen molar-refractivity contribution >= 4 is 5.97 Å². The molecule has 1 saturated heterocycles. The van der Waals surface area contributed by atoms with Crippen molar-refractivity contribution in [1.82, 2.24) is 9.88 Å². The number of piperidine rings is 1. The maximum Gasteiger partial charge on any atom is 0.418 e. The van der Waals surface area contributed by atoms with Gasteiger partial charge in [-0.25, -0.2) is 4.98 Å². The normalized spacial score (nSPS) is 21.7. The lowest BCUT2D eigenvalue weighted by molar-refractivity contribution is -0.142. The highest BCUT2D eigenvalue weighted by Crippen LogP contribution is 2.49. The van der Waals surface area contributed by atoms with Crippen molar-refractivity contribution in [2.45, 2.75) is 76.1 Å². The van der Waals surface area contributed by atoms with Gasteiger partial charge in [-0.3, -0.25) is 9.69 Å². The molecule has 38 heavy (non-hydrogen) atoms. The lowest BCUT2D eigenvalue weighted by Gasteiger charge is -2.46. The van der Waals surface area contributed by atoms with Gasteiger partial charge in [-0.1, -0.05) is 19.1 Å². The van der Waals surface area contributed by atoms with Crippen molar-refractivity contribution in [1.29, 1.82) is 0 Å². The average Bonchev–Trinajstić information content (AvgIpc) is 3.73. The minimum atomic E-state index is -4.50. The van der Waals surface area contributed by atoms with Crippen LogP contribution in [0, 0.1) is 11.8 Å². The number of hydrogen-bond acceptors (Lipinski definition) is 5. The Hall–Kier alpha value is -2.81. The van der Waals surface area contributed by atoms with Gasteiger partial charge in [0.15, 0.2) is 0 Å². The number of pyridine rings is 1. The molecule has 1 unspecified atom stereocenters. The van der Waals surface area contributed by atoms with E-state index in [0.717, 1.165) is 48.6 Å². The summed E-state index contributed by atoms with van der Waals surface area (Å²) in [7, 11) is 1.40. The second-order valence-corrected chi connectivity index (χ2v) is 11.1. The molecule has 206 valence electrons. The molecule has 2 aromatic rings. The fraction of sp³-hybridized carbons (Fsp3) is 0.586. The van der Waals surface area contributed by atoms with Crippen LogP contribution in [0.4, 0.5) is 13.2 Å². The van der Waals surface area contributed by atoms with E-state index in [1.54, 1.807) is 13.8 Å². The first-order chi connectivity index (χ1) is 18.0. The number of ether oxygens (including phenoxy) is 2. The number of nitrogens with zero attached hydrogens (tertiary/aromatic N) is 2. The minimum Gasteiger partial charge on any atom is -0.487 e. The van der Waals surface area contributed by atoms with Crippen LogP contribution in [0.1, 0.15) is 80.3 Å². The van der Waals surface area contributed by atoms with E-state index in [2.05, 4.69) is 17.1 Å². The van der Waals surface area contributed by atoms with Gasteiger partial charge in [0.25, 0.3) is 0 Å². The topological polar surface area (TPSA) is 71.9 Å². The largest absolute Gasteiger partial charge is 0.487 e. The Kier molecular flexibility index (Phi) is 7.09. The molecular formula is C29H35F3N2O4. The first-order valence-corrected chi connectivity index (χ1v) is 13.4. The van der Waals surface area contributed by atoms with Crippen LogP contribution in [0.15, 0.2) is 30.3 Å². The van der Waals surface area contributed by atoms with Crippen LogP contribution >= 0.6 is 0 Å². The molecule has 5 rings (SSSR count). The molecule has 3 aliphatic rings. The van der Waals surface area contributed by atoms with E-state index in [4.69, 9.17) is 9.47 Å². The fourth-order valence-electron chi connectivity index (χ4n) is 6.28. The summed E-state index contributed by atoms with van der Waals surface area (Å²) in [5, 5.41) is 9.66. The number of aliphatic carboxylic acids is 1. The first-order valence-electron chi connectivity index (χ1n) is 13.4. The second-order valence-electron chi connectivity index (χ2n) is 11.1. The Morgan fingerprint density at radius 3 is 2.47 bits per heavy atom. The van der Waals surface area contributed by atoms with Crippen molar-refractivity contribution in [3.05, 3.63) is 52.7 Å². The summed E-state index contributed by atoms with van der Waals surface area (Å²) in [6.45, 7) is 4.73. The van der Waals surface area contributed by atoms with Gasteiger partial charge in [0.2, 0.25) is 5.88 Å². The molecule has 1 aromatic heterocycles. The summed E-state index contributed by atoms with van der Waals surface area (Å²) in [5.74, 6) is 0.117. The third-order valence-electron chi connectivity index (χ3n) is 8.78. The number of alkyl halides is 3. The van der Waals surface area contributed by atoms with Crippen molar-refractivity contribution in [3.63, 3.8) is 0 Å². The van der Waals surface area contributed by atoms with Gasteiger partial charge in [0, 0.05) is 25.2 Å². The lowest BCUT2D eigenvalue weighted by atomic mass is 9.80. The van der Waals surface area contributed by atoms with E-state index < -0.39 is 29.7 Å². The van der Waals surface area contributed by atoms with Crippen LogP contribution in [0.5, 0.6) is 11.6 Å². The number of aryl methyl sites for hydroxylation is 1. The molecule has 9 heteroatoms. The summed E-state index contributed by atoms with van der Waals surface area (Å²) in [5.41, 5.74) is 1.02. The number of halogens is 3. The van der Waals surface area contributed by atoms with Gasteiger partial charge in [0.05, 0.1) is 24.3 Å². The van der Waals surface area contributed by atoms with E-state index in [1.165, 1.54) is 13.2 Å². The number of likely N-dealkylation sites (tertiary alicyclic amines) is 1. The van der Waals surface area contributed by atoms with Crippen LogP contribution in [0.2, 0.25) is 0 Å². The molecule has 1 N–H and O–H groups in total. The van der Waals surface area contributed by atoms with Crippen LogP contribution in [-0.4, -0.2) is 46.8 Å². The molecule has 1 aliphatic carbocycles. The van der Waals surface area contributed by atoms with Crippen molar-refractivity contribution < 1.29 is 32.5 Å². The molecule has 3 atom stereocenters. The third-order valence-corrected chi connectivity index (χ3v) is 8.78. The molecule has 1 aromatic carbocycles. The molecule has 1 saturated carbocycles. The van der Waals surface area contributed by atoms with Crippen molar-refractivity contribution in [2.24, 2.45) is 11.8 Å². The highest BCUT2D eigenvalue weighted by atomic mass is 19.4. The number of rotatable bonds is 7. The van der Waals surface area contributed by atoms with Gasteiger partial charge in [0.1, 0.15) is 11.4 Å². The maximum absolute atomic E-state index is 13.7. The predicted molar refractivity (Wildman–Crippen MR) is 135 cm³/mol. The molecule has 1 spiro atoms. The Bertz CT molecular complexity index is 1190. The standard InChI is InChI=1S/C29H35F3N2O4/c1-17(27(35)36)25(20-5-6-20)21-7-4-19-10-11-28(38-23(19)16-21)12-14-34(15-13-28)18(2)26-22(29(30,31)32)8-9-24(33-26)37-3/h4,7-9,16-18,20,25H,5-6,10-15H2,1-3H3,(H,35,36)/t17-,18?,25-/m0/s1. The predicted octanol–water partition coefficient (Wildman–Crippen LogP) is 6.24. The first kappa shape index (κ1) is 26.8. The van der Waals surface area contributed by atoms with Gasteiger partial charge < -0.3 is 14.6 Å². The summed E-state index contributed by atoms with van der Waals surface area (Å²) in [6, 6.07) is 7.94. The Balaban J connectivity index is 1.32. The second kappa shape index (κ2) is 10.1. The number of carboxylic acid groups (broad SMARTS) is 1. The zero-order chi connectivity index (χ0) is 27.2. The minimum absolute atomic E-state index is 0.0222. The van der Waals surface area contributed by atoms with Crippen LogP contribution in [0.3, 0.4) is 0 Å². The molecule has 2 fully saturated rings. The Morgan fingerprint density at radius 2 is 1.87 bits per heavy atom. The van der Waals surface area contributed by atoms with Crippen molar-refractivity contribution in [2.75, 3.05) is 20.2 Å². The van der Waals surface area contributed by atoms with E-state index in [9.17, 15) is 23.1 Å². The summed E-state index contributed by atoms with van der Waals surface area (Å²) < 4.78 is 52.9. The van der Waals surface area contributed by atoms with Gasteiger partial charge in [-0.2, -0.15) is 13.2 Å². The number of aromatic nitrogens is 1. The smallest absolute Gasteiger partial charge is 0.418 e. The zero-order valence-electron chi connectivity index (χ0n) is 22.1. The Morgan fingerprint density at radius 1 is 1.16 bits per heavy atom. The Labute approximate surface area is 221 Å². The van der Waals surface area contributed by atoms with Crippen LogP contribution < -0.4 is 9.47 Å². The van der Waals surface area contributed by atoms with Crippen molar-refractivity contribution in [3.8, 4) is 11.6 Å². The summed E-state index contributed by atoms with van der Waals surface area (Å²) >= 11 is 0. The molecule has 3 heterocycles. The molecule has 2 aliphatic heterocycles. The number of hydrogen-bond donors (Lipinski definition) is 1. The van der Waals surface area contributed by atoms with E-state index >= 15 is 0 Å². The van der Waals surface area contributed by atoms with E-state index in [1.807, 2.05) is 11.0 Å². The number of benzene rings is 1. The highest BCUT2D eigenvalue weighted by molar-refractivity contribution is 5.71. The molecule has 0 radical (unpaired) electrons. The summed E-state index contributed by atoms with van der Waals surface area (Å²) in [4.78, 5) is 18.0. The number of carboxylic acids is 1.